The van der Waals surface area contributed by atoms with Gasteiger partial charge in [-0.2, -0.15) is 0 Å². The molecular formula is C20H29NO2. The molecule has 0 N–H and O–H groups in total. The third kappa shape index (κ3) is 3.30. The second kappa shape index (κ2) is 7.04. The second-order valence-corrected chi connectivity index (χ2v) is 7.35. The number of carbonyl (C=O) groups is 1. The van der Waals surface area contributed by atoms with Gasteiger partial charge in [-0.1, -0.05) is 32.0 Å². The summed E-state index contributed by atoms with van der Waals surface area (Å²) >= 11 is 0. The van der Waals surface area contributed by atoms with Crippen molar-refractivity contribution in [2.75, 3.05) is 13.1 Å². The molecule has 0 unspecified atom stereocenters. The van der Waals surface area contributed by atoms with Crippen molar-refractivity contribution in [3.8, 4) is 0 Å². The van der Waals surface area contributed by atoms with Crippen LogP contribution in [0.15, 0.2) is 30.3 Å². The van der Waals surface area contributed by atoms with Gasteiger partial charge in [-0.3, -0.25) is 4.90 Å². The molecule has 0 aromatic heterocycles. The van der Waals surface area contributed by atoms with Crippen molar-refractivity contribution >= 4 is 5.97 Å². The Morgan fingerprint density at radius 3 is 2.78 bits per heavy atom. The number of ether oxygens (including phenoxy) is 1. The quantitative estimate of drug-likeness (QED) is 0.777. The van der Waals surface area contributed by atoms with Crippen molar-refractivity contribution in [2.24, 2.45) is 5.41 Å². The van der Waals surface area contributed by atoms with Crippen LogP contribution in [-0.2, 0) is 4.74 Å². The highest BCUT2D eigenvalue weighted by atomic mass is 16.5. The van der Waals surface area contributed by atoms with E-state index >= 15 is 0 Å². The molecule has 1 aromatic rings. The molecule has 3 rings (SSSR count). The molecule has 0 radical (unpaired) electrons. The minimum absolute atomic E-state index is 0.0496. The van der Waals surface area contributed by atoms with E-state index in [2.05, 4.69) is 18.7 Å². The molecular weight excluding hydrogens is 286 g/mol. The van der Waals surface area contributed by atoms with Crippen molar-refractivity contribution in [3.05, 3.63) is 35.9 Å². The van der Waals surface area contributed by atoms with Crippen molar-refractivity contribution in [1.82, 2.24) is 4.90 Å². The lowest BCUT2D eigenvalue weighted by molar-refractivity contribution is -0.101. The summed E-state index contributed by atoms with van der Waals surface area (Å²) in [5.74, 6) is -0.162. The second-order valence-electron chi connectivity index (χ2n) is 7.35. The number of fused-ring (bicyclic) bond motifs is 1. The maximum Gasteiger partial charge on any atom is 0.338 e. The lowest BCUT2D eigenvalue weighted by atomic mass is 9.64. The third-order valence-electron chi connectivity index (χ3n) is 5.81. The first-order valence-corrected chi connectivity index (χ1v) is 9.15. The Hall–Kier alpha value is -1.35. The van der Waals surface area contributed by atoms with E-state index in [1.54, 1.807) is 0 Å². The molecule has 3 nitrogen and oxygen atoms in total. The minimum Gasteiger partial charge on any atom is -0.458 e. The molecule has 1 saturated heterocycles. The molecule has 2 aliphatic rings. The van der Waals surface area contributed by atoms with Gasteiger partial charge >= 0.3 is 5.97 Å². The largest absolute Gasteiger partial charge is 0.458 e. The molecule has 0 spiro atoms. The van der Waals surface area contributed by atoms with Crippen molar-refractivity contribution < 1.29 is 9.53 Å². The Morgan fingerprint density at radius 2 is 2.04 bits per heavy atom. The number of piperidine rings is 1. The fourth-order valence-corrected chi connectivity index (χ4v) is 4.64. The number of hydrogen-bond donors (Lipinski definition) is 0. The van der Waals surface area contributed by atoms with E-state index in [9.17, 15) is 4.79 Å². The van der Waals surface area contributed by atoms with Gasteiger partial charge in [0.2, 0.25) is 0 Å². The number of esters is 1. The Kier molecular flexibility index (Phi) is 5.05. The molecule has 1 aliphatic carbocycles. The zero-order valence-electron chi connectivity index (χ0n) is 14.5. The van der Waals surface area contributed by atoms with E-state index in [0.29, 0.717) is 11.6 Å². The van der Waals surface area contributed by atoms with Crippen LogP contribution < -0.4 is 0 Å². The van der Waals surface area contributed by atoms with Crippen LogP contribution in [0.2, 0.25) is 0 Å². The highest BCUT2D eigenvalue weighted by Gasteiger charge is 2.49. The molecule has 1 saturated carbocycles. The van der Waals surface area contributed by atoms with Crippen molar-refractivity contribution in [1.29, 1.82) is 0 Å². The van der Waals surface area contributed by atoms with Crippen LogP contribution in [0.3, 0.4) is 0 Å². The summed E-state index contributed by atoms with van der Waals surface area (Å²) in [5.41, 5.74) is 0.773. The predicted molar refractivity (Wildman–Crippen MR) is 92.5 cm³/mol. The van der Waals surface area contributed by atoms with Crippen LogP contribution >= 0.6 is 0 Å². The highest BCUT2D eigenvalue weighted by Crippen LogP contribution is 2.47. The summed E-state index contributed by atoms with van der Waals surface area (Å²) in [5, 5.41) is 0. The zero-order valence-corrected chi connectivity index (χ0v) is 14.5. The number of carbonyl (C=O) groups excluding carboxylic acids is 1. The van der Waals surface area contributed by atoms with E-state index in [-0.39, 0.29) is 17.5 Å². The van der Waals surface area contributed by atoms with E-state index in [0.717, 1.165) is 12.8 Å². The molecule has 23 heavy (non-hydrogen) atoms. The smallest absolute Gasteiger partial charge is 0.338 e. The molecule has 0 bridgehead atoms. The molecule has 2 fully saturated rings. The van der Waals surface area contributed by atoms with Gasteiger partial charge in [-0.05, 0) is 63.7 Å². The summed E-state index contributed by atoms with van der Waals surface area (Å²) in [6.45, 7) is 6.97. The maximum absolute atomic E-state index is 12.5. The maximum atomic E-state index is 12.5. The average molecular weight is 315 g/mol. The van der Waals surface area contributed by atoms with Gasteiger partial charge in [-0.15, -0.1) is 0 Å². The fourth-order valence-electron chi connectivity index (χ4n) is 4.64. The molecule has 3 heteroatoms. The first-order chi connectivity index (χ1) is 11.1. The van der Waals surface area contributed by atoms with Crippen molar-refractivity contribution in [3.63, 3.8) is 0 Å². The molecule has 126 valence electrons. The molecule has 1 heterocycles. The van der Waals surface area contributed by atoms with Gasteiger partial charge in [-0.25, -0.2) is 4.79 Å². The summed E-state index contributed by atoms with van der Waals surface area (Å²) < 4.78 is 6.01. The van der Waals surface area contributed by atoms with E-state index in [1.165, 1.54) is 38.8 Å². The number of likely N-dealkylation sites (tertiary alicyclic amines) is 1. The summed E-state index contributed by atoms with van der Waals surface area (Å²) in [4.78, 5) is 15.1. The number of rotatable bonds is 4. The summed E-state index contributed by atoms with van der Waals surface area (Å²) in [6.07, 6.45) is 7.04. The minimum atomic E-state index is -0.162. The fraction of sp³-hybridized carbons (Fsp3) is 0.650. The Morgan fingerprint density at radius 1 is 1.26 bits per heavy atom. The molecule has 0 amide bonds. The normalized spacial score (nSPS) is 31.4. The lowest BCUT2D eigenvalue weighted by Gasteiger charge is -2.54. The van der Waals surface area contributed by atoms with Gasteiger partial charge in [0.15, 0.2) is 0 Å². The summed E-state index contributed by atoms with van der Waals surface area (Å²) in [6, 6.07) is 9.97. The topological polar surface area (TPSA) is 29.5 Å². The molecule has 3 atom stereocenters. The highest BCUT2D eigenvalue weighted by molar-refractivity contribution is 5.89. The standard InChI is InChI=1S/C20H29NO2/c1-3-14-21-15-8-13-20(2)17(21)11-7-12-18(20)23-19(22)16-9-5-4-6-10-16/h4-6,9-10,17-18H,3,7-8,11-15H2,1-2H3/t17-,18-,20-/m0/s1. The Balaban J connectivity index is 1.75. The van der Waals surface area contributed by atoms with Gasteiger partial charge in [0.05, 0.1) is 5.56 Å². The monoisotopic (exact) mass is 315 g/mol. The average Bonchev–Trinajstić information content (AvgIpc) is 2.57. The van der Waals surface area contributed by atoms with E-state index < -0.39 is 0 Å². The number of hydrogen-bond acceptors (Lipinski definition) is 3. The third-order valence-corrected chi connectivity index (χ3v) is 5.81. The Bertz CT molecular complexity index is 528. The van der Waals surface area contributed by atoms with Gasteiger partial charge in [0.25, 0.3) is 0 Å². The van der Waals surface area contributed by atoms with Crippen LogP contribution in [0.5, 0.6) is 0 Å². The van der Waals surface area contributed by atoms with Crippen LogP contribution in [0.4, 0.5) is 0 Å². The van der Waals surface area contributed by atoms with Gasteiger partial charge < -0.3 is 4.74 Å². The van der Waals surface area contributed by atoms with Crippen LogP contribution in [0.1, 0.15) is 62.7 Å². The number of nitrogens with zero attached hydrogens (tertiary/aromatic N) is 1. The lowest BCUT2D eigenvalue weighted by Crippen LogP contribution is -2.58. The first kappa shape index (κ1) is 16.5. The van der Waals surface area contributed by atoms with Gasteiger partial charge in [0, 0.05) is 11.5 Å². The molecule has 1 aliphatic heterocycles. The van der Waals surface area contributed by atoms with E-state index in [1.807, 2.05) is 30.3 Å². The molecule has 1 aromatic carbocycles. The van der Waals surface area contributed by atoms with Crippen LogP contribution in [0.25, 0.3) is 0 Å². The van der Waals surface area contributed by atoms with Crippen LogP contribution in [-0.4, -0.2) is 36.1 Å². The van der Waals surface area contributed by atoms with Crippen molar-refractivity contribution in [2.45, 2.75) is 64.5 Å². The van der Waals surface area contributed by atoms with Crippen LogP contribution in [0, 0.1) is 5.41 Å². The Labute approximate surface area is 140 Å². The van der Waals surface area contributed by atoms with Gasteiger partial charge in [0.1, 0.15) is 6.10 Å². The first-order valence-electron chi connectivity index (χ1n) is 9.15. The number of benzene rings is 1. The summed E-state index contributed by atoms with van der Waals surface area (Å²) in [7, 11) is 0. The SMILES string of the molecule is CCCN1CCC[C@]2(C)[C@@H](OC(=O)c3ccccc3)CCC[C@H]12. The predicted octanol–water partition coefficient (Wildman–Crippen LogP) is 4.28. The zero-order chi connectivity index (χ0) is 16.3. The van der Waals surface area contributed by atoms with E-state index in [4.69, 9.17) is 4.74 Å².